The SMILES string of the molecule is C/C=C(\C)C(CCC(=O)O)C(=O)O. The quantitative estimate of drug-likeness (QED) is 0.638. The highest BCUT2D eigenvalue weighted by Gasteiger charge is 2.19. The summed E-state index contributed by atoms with van der Waals surface area (Å²) in [5.41, 5.74) is 0.703. The second-order valence-electron chi connectivity index (χ2n) is 2.86. The predicted molar refractivity (Wildman–Crippen MR) is 47.4 cm³/mol. The molecule has 0 aliphatic carbocycles. The third-order valence-electron chi connectivity index (χ3n) is 1.95. The minimum atomic E-state index is -0.963. The first kappa shape index (κ1) is 11.7. The lowest BCUT2D eigenvalue weighted by Gasteiger charge is -2.10. The van der Waals surface area contributed by atoms with Crippen LogP contribution < -0.4 is 0 Å². The van der Waals surface area contributed by atoms with Gasteiger partial charge in [0, 0.05) is 6.42 Å². The van der Waals surface area contributed by atoms with Crippen LogP contribution in [0.15, 0.2) is 11.6 Å². The molecule has 0 amide bonds. The van der Waals surface area contributed by atoms with Crippen LogP contribution in [0.4, 0.5) is 0 Å². The highest BCUT2D eigenvalue weighted by Crippen LogP contribution is 2.16. The molecule has 0 fully saturated rings. The van der Waals surface area contributed by atoms with Crippen molar-refractivity contribution in [2.45, 2.75) is 26.7 Å². The number of hydrogen-bond acceptors (Lipinski definition) is 2. The fraction of sp³-hybridized carbons (Fsp3) is 0.556. The van der Waals surface area contributed by atoms with Gasteiger partial charge < -0.3 is 10.2 Å². The van der Waals surface area contributed by atoms with Gasteiger partial charge in [0.05, 0.1) is 5.92 Å². The van der Waals surface area contributed by atoms with Crippen LogP contribution in [-0.4, -0.2) is 22.2 Å². The molecule has 0 aromatic carbocycles. The number of hydrogen-bond donors (Lipinski definition) is 2. The Balaban J connectivity index is 4.28. The summed E-state index contributed by atoms with van der Waals surface area (Å²) in [6.45, 7) is 3.44. The lowest BCUT2D eigenvalue weighted by molar-refractivity contribution is -0.141. The van der Waals surface area contributed by atoms with E-state index in [1.165, 1.54) is 0 Å². The highest BCUT2D eigenvalue weighted by atomic mass is 16.4. The van der Waals surface area contributed by atoms with Gasteiger partial charge in [0.25, 0.3) is 0 Å². The smallest absolute Gasteiger partial charge is 0.310 e. The predicted octanol–water partition coefficient (Wildman–Crippen LogP) is 1.52. The summed E-state index contributed by atoms with van der Waals surface area (Å²) in [5, 5.41) is 17.1. The monoisotopic (exact) mass is 186 g/mol. The first-order valence-corrected chi connectivity index (χ1v) is 4.06. The van der Waals surface area contributed by atoms with Crippen molar-refractivity contribution in [1.29, 1.82) is 0 Å². The molecule has 4 nitrogen and oxygen atoms in total. The molecule has 0 aromatic rings. The molecule has 0 saturated carbocycles. The molecule has 0 spiro atoms. The molecular formula is C9H14O4. The number of rotatable bonds is 5. The molecule has 0 aliphatic heterocycles. The van der Waals surface area contributed by atoms with E-state index in [2.05, 4.69) is 0 Å². The lowest BCUT2D eigenvalue weighted by Crippen LogP contribution is -2.16. The van der Waals surface area contributed by atoms with Gasteiger partial charge >= 0.3 is 11.9 Å². The maximum atomic E-state index is 10.7. The normalized spacial score (nSPS) is 13.8. The molecule has 1 atom stereocenters. The second kappa shape index (κ2) is 5.35. The lowest BCUT2D eigenvalue weighted by atomic mass is 9.95. The molecule has 0 rings (SSSR count). The van der Waals surface area contributed by atoms with Crippen LogP contribution in [-0.2, 0) is 9.59 Å². The maximum absolute atomic E-state index is 10.7. The zero-order valence-electron chi connectivity index (χ0n) is 7.78. The number of carboxylic acid groups (broad SMARTS) is 2. The van der Waals surface area contributed by atoms with Crippen molar-refractivity contribution in [2.24, 2.45) is 5.92 Å². The van der Waals surface area contributed by atoms with E-state index in [9.17, 15) is 9.59 Å². The average molecular weight is 186 g/mol. The molecule has 0 bridgehead atoms. The zero-order valence-corrected chi connectivity index (χ0v) is 7.78. The molecule has 4 heteroatoms. The molecule has 2 N–H and O–H groups in total. The maximum Gasteiger partial charge on any atom is 0.310 e. The standard InChI is InChI=1S/C9H14O4/c1-3-6(2)7(9(12)13)4-5-8(10)11/h3,7H,4-5H2,1-2H3,(H,10,11)(H,12,13)/b6-3+. The number of carboxylic acids is 2. The van der Waals surface area contributed by atoms with Crippen molar-refractivity contribution in [1.82, 2.24) is 0 Å². The summed E-state index contributed by atoms with van der Waals surface area (Å²) >= 11 is 0. The largest absolute Gasteiger partial charge is 0.481 e. The van der Waals surface area contributed by atoms with Crippen LogP contribution in [0.5, 0.6) is 0 Å². The fourth-order valence-electron chi connectivity index (χ4n) is 1.01. The van der Waals surface area contributed by atoms with Crippen molar-refractivity contribution in [3.8, 4) is 0 Å². The number of carbonyl (C=O) groups is 2. The van der Waals surface area contributed by atoms with Crippen molar-refractivity contribution in [3.05, 3.63) is 11.6 Å². The highest BCUT2D eigenvalue weighted by molar-refractivity contribution is 5.74. The number of aliphatic carboxylic acids is 2. The van der Waals surface area contributed by atoms with E-state index in [0.29, 0.717) is 5.57 Å². The van der Waals surface area contributed by atoms with Crippen molar-refractivity contribution < 1.29 is 19.8 Å². The Hall–Kier alpha value is -1.32. The molecule has 0 radical (unpaired) electrons. The Bertz CT molecular complexity index is 230. The first-order chi connectivity index (χ1) is 5.99. The van der Waals surface area contributed by atoms with Crippen LogP contribution >= 0.6 is 0 Å². The topological polar surface area (TPSA) is 74.6 Å². The molecule has 13 heavy (non-hydrogen) atoms. The minimum Gasteiger partial charge on any atom is -0.481 e. The molecular weight excluding hydrogens is 172 g/mol. The summed E-state index contributed by atoms with van der Waals surface area (Å²) in [6, 6.07) is 0. The van der Waals surface area contributed by atoms with E-state index in [1.807, 2.05) is 0 Å². The second-order valence-corrected chi connectivity index (χ2v) is 2.86. The van der Waals surface area contributed by atoms with Gasteiger partial charge in [0.2, 0.25) is 0 Å². The Morgan fingerprint density at radius 3 is 2.23 bits per heavy atom. The van der Waals surface area contributed by atoms with Gasteiger partial charge in [-0.05, 0) is 20.3 Å². The average Bonchev–Trinajstić information content (AvgIpc) is 2.03. The summed E-state index contributed by atoms with van der Waals surface area (Å²) in [7, 11) is 0. The van der Waals surface area contributed by atoms with Crippen molar-refractivity contribution >= 4 is 11.9 Å². The molecule has 1 unspecified atom stereocenters. The molecule has 0 saturated heterocycles. The van der Waals surface area contributed by atoms with Crippen molar-refractivity contribution in [3.63, 3.8) is 0 Å². The third kappa shape index (κ3) is 4.30. The fourth-order valence-corrected chi connectivity index (χ4v) is 1.01. The van der Waals surface area contributed by atoms with E-state index in [0.717, 1.165) is 0 Å². The van der Waals surface area contributed by atoms with E-state index in [-0.39, 0.29) is 12.8 Å². The Kier molecular flexibility index (Phi) is 4.80. The van der Waals surface area contributed by atoms with E-state index in [4.69, 9.17) is 10.2 Å². The van der Waals surface area contributed by atoms with Gasteiger partial charge in [-0.1, -0.05) is 11.6 Å². The molecule has 0 heterocycles. The van der Waals surface area contributed by atoms with E-state index in [1.54, 1.807) is 19.9 Å². The van der Waals surface area contributed by atoms with Gasteiger partial charge in [-0.3, -0.25) is 9.59 Å². The van der Waals surface area contributed by atoms with Crippen LogP contribution in [0.2, 0.25) is 0 Å². The van der Waals surface area contributed by atoms with Gasteiger partial charge in [-0.25, -0.2) is 0 Å². The Morgan fingerprint density at radius 2 is 1.92 bits per heavy atom. The van der Waals surface area contributed by atoms with Gasteiger partial charge in [-0.2, -0.15) is 0 Å². The van der Waals surface area contributed by atoms with Crippen molar-refractivity contribution in [2.75, 3.05) is 0 Å². The van der Waals surface area contributed by atoms with Gasteiger partial charge in [0.1, 0.15) is 0 Å². The Labute approximate surface area is 76.9 Å². The summed E-state index contributed by atoms with van der Waals surface area (Å²) in [5.74, 6) is -2.59. The van der Waals surface area contributed by atoms with Crippen LogP contribution in [0.1, 0.15) is 26.7 Å². The van der Waals surface area contributed by atoms with Crippen LogP contribution in [0.3, 0.4) is 0 Å². The summed E-state index contributed by atoms with van der Waals surface area (Å²) < 4.78 is 0. The van der Waals surface area contributed by atoms with Crippen LogP contribution in [0, 0.1) is 5.92 Å². The minimum absolute atomic E-state index is 0.109. The van der Waals surface area contributed by atoms with Gasteiger partial charge in [0.15, 0.2) is 0 Å². The number of allylic oxidation sites excluding steroid dienone is 1. The first-order valence-electron chi connectivity index (χ1n) is 4.06. The Morgan fingerprint density at radius 1 is 1.38 bits per heavy atom. The van der Waals surface area contributed by atoms with Gasteiger partial charge in [-0.15, -0.1) is 0 Å². The summed E-state index contributed by atoms with van der Waals surface area (Å²) in [4.78, 5) is 20.9. The molecule has 0 aliphatic rings. The van der Waals surface area contributed by atoms with E-state index >= 15 is 0 Å². The zero-order chi connectivity index (χ0) is 10.4. The molecule has 74 valence electrons. The van der Waals surface area contributed by atoms with Crippen LogP contribution in [0.25, 0.3) is 0 Å². The molecule has 0 aromatic heterocycles. The van der Waals surface area contributed by atoms with E-state index < -0.39 is 17.9 Å². The summed E-state index contributed by atoms with van der Waals surface area (Å²) in [6.07, 6.45) is 1.74. The third-order valence-corrected chi connectivity index (χ3v) is 1.95.